The summed E-state index contributed by atoms with van der Waals surface area (Å²) in [6.45, 7) is 5.20. The number of aryl methyl sites for hydroxylation is 2. The summed E-state index contributed by atoms with van der Waals surface area (Å²) in [7, 11) is 1.58. The number of benzene rings is 3. The van der Waals surface area contributed by atoms with Gasteiger partial charge in [0, 0.05) is 18.6 Å². The number of non-ortho nitro benzene ring substituents is 1. The van der Waals surface area contributed by atoms with Gasteiger partial charge in [-0.15, -0.1) is 0 Å². The summed E-state index contributed by atoms with van der Waals surface area (Å²) in [5, 5.41) is 14.9. The Bertz CT molecular complexity index is 1110. The molecule has 3 aromatic carbocycles. The average Bonchev–Trinajstić information content (AvgIpc) is 2.82. The smallest absolute Gasteiger partial charge is 0.269 e. The Hall–Kier alpha value is -4.07. The van der Waals surface area contributed by atoms with Gasteiger partial charge in [0.2, 0.25) is 0 Å². The van der Waals surface area contributed by atoms with Gasteiger partial charge in [0.05, 0.1) is 37.1 Å². The predicted octanol–water partition coefficient (Wildman–Crippen LogP) is 5.51. The molecule has 0 atom stereocenters. The zero-order valence-corrected chi connectivity index (χ0v) is 18.9. The van der Waals surface area contributed by atoms with Gasteiger partial charge in [-0.2, -0.15) is 5.10 Å². The van der Waals surface area contributed by atoms with Gasteiger partial charge in [0.15, 0.2) is 11.5 Å². The van der Waals surface area contributed by atoms with E-state index in [2.05, 4.69) is 30.4 Å². The van der Waals surface area contributed by atoms with Gasteiger partial charge in [0.1, 0.15) is 5.75 Å². The SMILES string of the molecule is COc1cc(/C=N/Nc2ccc([N+](=O)[O-])cc2)ccc1OCCCOc1ccc(C)c(C)c1. The maximum atomic E-state index is 10.7. The van der Waals surface area contributed by atoms with Crippen LogP contribution in [0.25, 0.3) is 0 Å². The van der Waals surface area contributed by atoms with Crippen LogP contribution in [-0.2, 0) is 0 Å². The van der Waals surface area contributed by atoms with Gasteiger partial charge in [-0.3, -0.25) is 15.5 Å². The first-order chi connectivity index (χ1) is 16.0. The van der Waals surface area contributed by atoms with Crippen molar-refractivity contribution in [1.29, 1.82) is 0 Å². The maximum Gasteiger partial charge on any atom is 0.269 e. The Labute approximate surface area is 193 Å². The molecule has 3 aromatic rings. The lowest BCUT2D eigenvalue weighted by Crippen LogP contribution is -2.06. The molecular weight excluding hydrogens is 422 g/mol. The van der Waals surface area contributed by atoms with Crippen LogP contribution >= 0.6 is 0 Å². The predicted molar refractivity (Wildman–Crippen MR) is 129 cm³/mol. The van der Waals surface area contributed by atoms with E-state index in [1.807, 2.05) is 30.3 Å². The van der Waals surface area contributed by atoms with Crippen molar-refractivity contribution in [2.45, 2.75) is 20.3 Å². The van der Waals surface area contributed by atoms with Crippen molar-refractivity contribution in [3.8, 4) is 17.2 Å². The first kappa shape index (κ1) is 23.6. The second-order valence-electron chi connectivity index (χ2n) is 7.38. The summed E-state index contributed by atoms with van der Waals surface area (Å²) in [6.07, 6.45) is 2.36. The molecule has 0 saturated carbocycles. The van der Waals surface area contributed by atoms with E-state index in [9.17, 15) is 10.1 Å². The van der Waals surface area contributed by atoms with Crippen LogP contribution < -0.4 is 19.6 Å². The van der Waals surface area contributed by atoms with E-state index < -0.39 is 4.92 Å². The average molecular weight is 450 g/mol. The Morgan fingerprint density at radius 1 is 0.939 bits per heavy atom. The number of hydrogen-bond donors (Lipinski definition) is 1. The van der Waals surface area contributed by atoms with Crippen LogP contribution in [0.15, 0.2) is 65.8 Å². The number of rotatable bonds is 11. The quantitative estimate of drug-likeness (QED) is 0.179. The third-order valence-electron chi connectivity index (χ3n) is 4.97. The molecule has 0 fully saturated rings. The summed E-state index contributed by atoms with van der Waals surface area (Å²) in [6, 6.07) is 17.6. The fourth-order valence-corrected chi connectivity index (χ4v) is 2.96. The highest BCUT2D eigenvalue weighted by Crippen LogP contribution is 2.28. The Balaban J connectivity index is 1.47. The zero-order chi connectivity index (χ0) is 23.6. The highest BCUT2D eigenvalue weighted by molar-refractivity contribution is 5.81. The molecule has 0 unspecified atom stereocenters. The largest absolute Gasteiger partial charge is 0.493 e. The minimum atomic E-state index is -0.444. The van der Waals surface area contributed by atoms with Crippen molar-refractivity contribution < 1.29 is 19.1 Å². The number of hydrogen-bond acceptors (Lipinski definition) is 7. The zero-order valence-electron chi connectivity index (χ0n) is 18.9. The van der Waals surface area contributed by atoms with Crippen LogP contribution in [0, 0.1) is 24.0 Å². The molecule has 0 aliphatic carbocycles. The molecule has 0 bridgehead atoms. The summed E-state index contributed by atoms with van der Waals surface area (Å²) < 4.78 is 17.1. The fraction of sp³-hybridized carbons (Fsp3) is 0.240. The number of nitro groups is 1. The number of nitrogens with zero attached hydrogens (tertiary/aromatic N) is 2. The van der Waals surface area contributed by atoms with Crippen molar-refractivity contribution in [3.05, 3.63) is 87.5 Å². The Morgan fingerprint density at radius 2 is 1.70 bits per heavy atom. The summed E-state index contributed by atoms with van der Waals surface area (Å²) in [5.74, 6) is 2.11. The van der Waals surface area contributed by atoms with E-state index in [4.69, 9.17) is 14.2 Å². The Morgan fingerprint density at radius 3 is 2.39 bits per heavy atom. The van der Waals surface area contributed by atoms with E-state index in [1.165, 1.54) is 23.3 Å². The normalized spacial score (nSPS) is 10.8. The van der Waals surface area contributed by atoms with Gasteiger partial charge in [0.25, 0.3) is 5.69 Å². The lowest BCUT2D eigenvalue weighted by molar-refractivity contribution is -0.384. The van der Waals surface area contributed by atoms with Crippen LogP contribution in [0.2, 0.25) is 0 Å². The minimum Gasteiger partial charge on any atom is -0.493 e. The van der Waals surface area contributed by atoms with Gasteiger partial charge < -0.3 is 14.2 Å². The molecule has 0 aliphatic rings. The molecule has 0 saturated heterocycles. The molecule has 8 heteroatoms. The van der Waals surface area contributed by atoms with Gasteiger partial charge in [-0.05, 0) is 73.0 Å². The van der Waals surface area contributed by atoms with Crippen LogP contribution in [0.4, 0.5) is 11.4 Å². The maximum absolute atomic E-state index is 10.7. The first-order valence-corrected chi connectivity index (χ1v) is 10.5. The van der Waals surface area contributed by atoms with Crippen LogP contribution in [0.5, 0.6) is 17.2 Å². The molecule has 0 aromatic heterocycles. The fourth-order valence-electron chi connectivity index (χ4n) is 2.96. The molecule has 0 radical (unpaired) electrons. The van der Waals surface area contributed by atoms with Crippen LogP contribution in [-0.4, -0.2) is 31.5 Å². The second kappa shape index (κ2) is 11.5. The van der Waals surface area contributed by atoms with E-state index in [1.54, 1.807) is 25.5 Å². The van der Waals surface area contributed by atoms with Crippen molar-refractivity contribution in [2.24, 2.45) is 5.10 Å². The molecule has 8 nitrogen and oxygen atoms in total. The number of methoxy groups -OCH3 is 1. The topological polar surface area (TPSA) is 95.2 Å². The third kappa shape index (κ3) is 6.96. The highest BCUT2D eigenvalue weighted by Gasteiger charge is 2.06. The van der Waals surface area contributed by atoms with Crippen molar-refractivity contribution in [2.75, 3.05) is 25.7 Å². The lowest BCUT2D eigenvalue weighted by Gasteiger charge is -2.12. The van der Waals surface area contributed by atoms with E-state index in [0.29, 0.717) is 30.4 Å². The Kier molecular flexibility index (Phi) is 8.24. The number of nitro benzene ring substituents is 1. The lowest BCUT2D eigenvalue weighted by atomic mass is 10.1. The van der Waals surface area contributed by atoms with Gasteiger partial charge in [-0.1, -0.05) is 6.07 Å². The van der Waals surface area contributed by atoms with Crippen molar-refractivity contribution >= 4 is 17.6 Å². The standard InChI is InChI=1S/C25H27N3O5/c1-18-5-11-23(15-19(18)2)32-13-4-14-33-24-12-6-20(16-25(24)31-3)17-26-27-21-7-9-22(10-8-21)28(29)30/h5-12,15-17,27H,4,13-14H2,1-3H3/b26-17+. The number of ether oxygens (including phenoxy) is 3. The molecule has 0 spiro atoms. The number of hydrazone groups is 1. The monoisotopic (exact) mass is 449 g/mol. The molecule has 0 amide bonds. The van der Waals surface area contributed by atoms with E-state index in [-0.39, 0.29) is 5.69 Å². The third-order valence-corrected chi connectivity index (χ3v) is 4.97. The first-order valence-electron chi connectivity index (χ1n) is 10.5. The van der Waals surface area contributed by atoms with Crippen molar-refractivity contribution in [1.82, 2.24) is 0 Å². The molecular formula is C25H27N3O5. The highest BCUT2D eigenvalue weighted by atomic mass is 16.6. The van der Waals surface area contributed by atoms with Gasteiger partial charge >= 0.3 is 0 Å². The van der Waals surface area contributed by atoms with Crippen molar-refractivity contribution in [3.63, 3.8) is 0 Å². The van der Waals surface area contributed by atoms with E-state index >= 15 is 0 Å². The molecule has 0 heterocycles. The summed E-state index contributed by atoms with van der Waals surface area (Å²) >= 11 is 0. The van der Waals surface area contributed by atoms with Crippen LogP contribution in [0.1, 0.15) is 23.1 Å². The van der Waals surface area contributed by atoms with E-state index in [0.717, 1.165) is 17.7 Å². The number of nitrogens with one attached hydrogen (secondary N) is 1. The minimum absolute atomic E-state index is 0.0293. The molecule has 1 N–H and O–H groups in total. The second-order valence-corrected chi connectivity index (χ2v) is 7.38. The molecule has 3 rings (SSSR count). The molecule has 172 valence electrons. The molecule has 0 aliphatic heterocycles. The van der Waals surface area contributed by atoms with Gasteiger partial charge in [-0.25, -0.2) is 0 Å². The summed E-state index contributed by atoms with van der Waals surface area (Å²) in [4.78, 5) is 10.3. The summed E-state index contributed by atoms with van der Waals surface area (Å²) in [5.41, 5.74) is 6.78. The molecule has 33 heavy (non-hydrogen) atoms. The number of anilines is 1. The van der Waals surface area contributed by atoms with Crippen LogP contribution in [0.3, 0.4) is 0 Å².